The molecule has 0 saturated heterocycles. The molecule has 6 heteroatoms. The molecule has 0 unspecified atom stereocenters. The van der Waals surface area contributed by atoms with Crippen LogP contribution in [0.4, 0.5) is 0 Å². The van der Waals surface area contributed by atoms with E-state index in [0.29, 0.717) is 17.5 Å². The van der Waals surface area contributed by atoms with Crippen molar-refractivity contribution < 1.29 is 4.42 Å². The third-order valence-corrected chi connectivity index (χ3v) is 12.1. The van der Waals surface area contributed by atoms with Crippen LogP contribution in [0.1, 0.15) is 0 Å². The van der Waals surface area contributed by atoms with Crippen LogP contribution < -0.4 is 0 Å². The maximum absolute atomic E-state index is 6.91. The Hall–Kier alpha value is -8.35. The Bertz CT molecular complexity index is 3810. The molecule has 61 heavy (non-hydrogen) atoms. The van der Waals surface area contributed by atoms with Crippen molar-refractivity contribution in [3.8, 4) is 45.5 Å². The van der Waals surface area contributed by atoms with Crippen molar-refractivity contribution in [2.75, 3.05) is 0 Å². The van der Waals surface area contributed by atoms with E-state index >= 15 is 0 Å². The molecule has 0 aliphatic carbocycles. The number of furan rings is 1. The summed E-state index contributed by atoms with van der Waals surface area (Å²) < 4.78 is 11.7. The van der Waals surface area contributed by atoms with E-state index in [0.717, 1.165) is 71.8 Å². The van der Waals surface area contributed by atoms with Gasteiger partial charge in [-0.1, -0.05) is 140 Å². The average Bonchev–Trinajstić information content (AvgIpc) is 3.98. The van der Waals surface area contributed by atoms with Gasteiger partial charge < -0.3 is 13.6 Å². The quantitative estimate of drug-likeness (QED) is 0.175. The molecule has 0 atom stereocenters. The Labute approximate surface area is 349 Å². The second-order valence-electron chi connectivity index (χ2n) is 15.6. The summed E-state index contributed by atoms with van der Waals surface area (Å²) in [5.41, 5.74) is 11.2. The van der Waals surface area contributed by atoms with E-state index in [4.69, 9.17) is 19.4 Å². The number of benzene rings is 9. The molecule has 0 amide bonds. The van der Waals surface area contributed by atoms with Gasteiger partial charge in [0.05, 0.1) is 22.1 Å². The molecule has 0 N–H and O–H groups in total. The van der Waals surface area contributed by atoms with Crippen molar-refractivity contribution in [2.45, 2.75) is 0 Å². The van der Waals surface area contributed by atoms with Crippen LogP contribution in [0.25, 0.3) is 122 Å². The van der Waals surface area contributed by atoms with Gasteiger partial charge in [0.2, 0.25) is 0 Å². The van der Waals surface area contributed by atoms with Crippen molar-refractivity contribution >= 4 is 76.3 Å². The fraction of sp³-hybridized carbons (Fsp3) is 0. The third kappa shape index (κ3) is 5.12. The summed E-state index contributed by atoms with van der Waals surface area (Å²) >= 11 is 0. The molecule has 0 saturated carbocycles. The van der Waals surface area contributed by atoms with Crippen molar-refractivity contribution in [1.82, 2.24) is 24.1 Å². The van der Waals surface area contributed by atoms with Crippen LogP contribution in [0.3, 0.4) is 0 Å². The van der Waals surface area contributed by atoms with E-state index in [1.807, 2.05) is 60.7 Å². The van der Waals surface area contributed by atoms with Crippen molar-refractivity contribution in [3.05, 3.63) is 200 Å². The van der Waals surface area contributed by atoms with Gasteiger partial charge in [0.1, 0.15) is 11.2 Å². The summed E-state index contributed by atoms with van der Waals surface area (Å²) in [5.74, 6) is 1.84. The lowest BCUT2D eigenvalue weighted by molar-refractivity contribution is 0.669. The molecule has 4 aromatic heterocycles. The second kappa shape index (κ2) is 13.1. The zero-order valence-corrected chi connectivity index (χ0v) is 32.7. The normalized spacial score (nSPS) is 11.9. The SMILES string of the molecule is c1ccc(-c2nc(-c3ccccc3)nc(-c3cc4oc5cc(-n6c7ccccc7c7cc8c(cc76)c6ccccc6n8-c6ccccc6)ccc5c4c4ccccc34)n2)cc1. The lowest BCUT2D eigenvalue weighted by Crippen LogP contribution is -2.00. The number of hydrogen-bond acceptors (Lipinski definition) is 4. The van der Waals surface area contributed by atoms with Gasteiger partial charge in [-0.15, -0.1) is 0 Å². The van der Waals surface area contributed by atoms with E-state index < -0.39 is 0 Å². The fourth-order valence-corrected chi connectivity index (χ4v) is 9.45. The average molecular weight is 780 g/mol. The summed E-state index contributed by atoms with van der Waals surface area (Å²) in [6.07, 6.45) is 0. The third-order valence-electron chi connectivity index (χ3n) is 12.1. The molecule has 0 aliphatic rings. The molecule has 284 valence electrons. The lowest BCUT2D eigenvalue weighted by atomic mass is 9.98. The first kappa shape index (κ1) is 33.6. The Morgan fingerprint density at radius 2 is 0.803 bits per heavy atom. The number of aromatic nitrogens is 5. The summed E-state index contributed by atoms with van der Waals surface area (Å²) in [5, 5.41) is 9.09. The van der Waals surface area contributed by atoms with Crippen LogP contribution in [-0.4, -0.2) is 24.1 Å². The summed E-state index contributed by atoms with van der Waals surface area (Å²) in [6, 6.07) is 70.2. The highest BCUT2D eigenvalue weighted by Crippen LogP contribution is 2.43. The maximum Gasteiger partial charge on any atom is 0.164 e. The summed E-state index contributed by atoms with van der Waals surface area (Å²) in [7, 11) is 0. The number of nitrogens with zero attached hydrogens (tertiary/aromatic N) is 5. The van der Waals surface area contributed by atoms with Gasteiger partial charge in [0.25, 0.3) is 0 Å². The highest BCUT2D eigenvalue weighted by atomic mass is 16.3. The first-order chi connectivity index (χ1) is 30.2. The molecular formula is C55H33N5O. The highest BCUT2D eigenvalue weighted by molar-refractivity contribution is 6.23. The summed E-state index contributed by atoms with van der Waals surface area (Å²) in [6.45, 7) is 0. The molecule has 0 bridgehead atoms. The largest absolute Gasteiger partial charge is 0.456 e. The van der Waals surface area contributed by atoms with E-state index in [1.165, 1.54) is 32.6 Å². The Morgan fingerprint density at radius 1 is 0.311 bits per heavy atom. The smallest absolute Gasteiger partial charge is 0.164 e. The zero-order valence-electron chi connectivity index (χ0n) is 32.7. The Morgan fingerprint density at radius 3 is 1.41 bits per heavy atom. The van der Waals surface area contributed by atoms with E-state index in [1.54, 1.807) is 0 Å². The number of para-hydroxylation sites is 3. The second-order valence-corrected chi connectivity index (χ2v) is 15.6. The van der Waals surface area contributed by atoms with Gasteiger partial charge in [-0.3, -0.25) is 0 Å². The van der Waals surface area contributed by atoms with Crippen LogP contribution >= 0.6 is 0 Å². The zero-order chi connectivity index (χ0) is 40.0. The molecule has 13 rings (SSSR count). The molecule has 6 nitrogen and oxygen atoms in total. The first-order valence-electron chi connectivity index (χ1n) is 20.5. The topological polar surface area (TPSA) is 61.7 Å². The van der Waals surface area contributed by atoms with Gasteiger partial charge >= 0.3 is 0 Å². The Kier molecular flexibility index (Phi) is 7.21. The van der Waals surface area contributed by atoms with Gasteiger partial charge in [0, 0.05) is 66.4 Å². The summed E-state index contributed by atoms with van der Waals surface area (Å²) in [4.78, 5) is 15.2. The molecule has 0 radical (unpaired) electrons. The number of fused-ring (bicyclic) bond motifs is 11. The minimum Gasteiger partial charge on any atom is -0.456 e. The number of hydrogen-bond donors (Lipinski definition) is 0. The molecule has 13 aromatic rings. The minimum atomic E-state index is 0.595. The number of rotatable bonds is 5. The molecule has 0 aliphatic heterocycles. The van der Waals surface area contributed by atoms with Crippen molar-refractivity contribution in [2.24, 2.45) is 0 Å². The van der Waals surface area contributed by atoms with E-state index in [9.17, 15) is 0 Å². The standard InChI is InChI=1S/C55H33N5O/c1-4-16-34(17-5-1)53-56-54(35-18-6-2-7-19-35)58-55(57-53)45-33-51-52(41-25-11-10-22-38(41)45)42-29-28-37(30-50(42)61-51)60-47-27-15-13-24-40(47)44-31-48-43(32-49(44)60)39-23-12-14-26-46(39)59(48)36-20-8-3-9-21-36/h1-33H. The van der Waals surface area contributed by atoms with Crippen LogP contribution in [0, 0.1) is 0 Å². The van der Waals surface area contributed by atoms with Gasteiger partial charge in [-0.2, -0.15) is 0 Å². The fourth-order valence-electron chi connectivity index (χ4n) is 9.45. The predicted molar refractivity (Wildman–Crippen MR) is 250 cm³/mol. The lowest BCUT2D eigenvalue weighted by Gasteiger charge is -2.11. The molecule has 9 aromatic carbocycles. The Balaban J connectivity index is 1.03. The maximum atomic E-state index is 6.91. The van der Waals surface area contributed by atoms with Crippen LogP contribution in [0.2, 0.25) is 0 Å². The monoisotopic (exact) mass is 779 g/mol. The van der Waals surface area contributed by atoms with Crippen LogP contribution in [-0.2, 0) is 0 Å². The van der Waals surface area contributed by atoms with Crippen LogP contribution in [0.5, 0.6) is 0 Å². The van der Waals surface area contributed by atoms with Crippen LogP contribution in [0.15, 0.2) is 205 Å². The molecule has 0 fully saturated rings. The van der Waals surface area contributed by atoms with E-state index in [2.05, 4.69) is 149 Å². The van der Waals surface area contributed by atoms with Gasteiger partial charge in [0.15, 0.2) is 17.5 Å². The van der Waals surface area contributed by atoms with E-state index in [-0.39, 0.29) is 0 Å². The van der Waals surface area contributed by atoms with Gasteiger partial charge in [-0.05, 0) is 65.4 Å². The van der Waals surface area contributed by atoms with Crippen molar-refractivity contribution in [1.29, 1.82) is 0 Å². The van der Waals surface area contributed by atoms with Crippen molar-refractivity contribution in [3.63, 3.8) is 0 Å². The van der Waals surface area contributed by atoms with Gasteiger partial charge in [-0.25, -0.2) is 15.0 Å². The molecular weight excluding hydrogens is 747 g/mol. The highest BCUT2D eigenvalue weighted by Gasteiger charge is 2.22. The first-order valence-corrected chi connectivity index (χ1v) is 20.5. The predicted octanol–water partition coefficient (Wildman–Crippen LogP) is 14.1. The molecule has 0 spiro atoms. The molecule has 4 heterocycles. The minimum absolute atomic E-state index is 0.595.